The first-order valence-electron chi connectivity index (χ1n) is 7.91. The molecule has 0 aliphatic carbocycles. The predicted octanol–water partition coefficient (Wildman–Crippen LogP) is 2.81. The highest BCUT2D eigenvalue weighted by molar-refractivity contribution is 5.92. The standard InChI is InChI=1S/C16H26N4O/c1-12(2)6-7-17-15-9-14(18-11-19-15)16(21)20-8-4-5-13(3)10-20/h9,11-13H,4-8,10H2,1-3H3,(H,17,18,19). The number of aromatic nitrogens is 2. The Kier molecular flexibility index (Phi) is 5.53. The van der Waals surface area contributed by atoms with E-state index < -0.39 is 0 Å². The fraction of sp³-hybridized carbons (Fsp3) is 0.688. The maximum Gasteiger partial charge on any atom is 0.272 e. The molecule has 1 saturated heterocycles. The van der Waals surface area contributed by atoms with Gasteiger partial charge in [-0.1, -0.05) is 20.8 Å². The van der Waals surface area contributed by atoms with Crippen molar-refractivity contribution in [3.8, 4) is 0 Å². The van der Waals surface area contributed by atoms with E-state index in [9.17, 15) is 4.79 Å². The molecule has 1 amide bonds. The molecule has 1 unspecified atom stereocenters. The van der Waals surface area contributed by atoms with Crippen LogP contribution in [0.3, 0.4) is 0 Å². The number of piperidine rings is 1. The van der Waals surface area contributed by atoms with Gasteiger partial charge in [0.15, 0.2) is 0 Å². The first kappa shape index (κ1) is 15.7. The summed E-state index contributed by atoms with van der Waals surface area (Å²) >= 11 is 0. The topological polar surface area (TPSA) is 58.1 Å². The summed E-state index contributed by atoms with van der Waals surface area (Å²) in [6.07, 6.45) is 4.84. The lowest BCUT2D eigenvalue weighted by molar-refractivity contribution is 0.0677. The first-order valence-corrected chi connectivity index (χ1v) is 7.91. The van der Waals surface area contributed by atoms with Crippen LogP contribution in [0, 0.1) is 11.8 Å². The summed E-state index contributed by atoms with van der Waals surface area (Å²) in [6, 6.07) is 1.77. The third kappa shape index (κ3) is 4.69. The van der Waals surface area contributed by atoms with Crippen LogP contribution in [0.2, 0.25) is 0 Å². The van der Waals surface area contributed by atoms with Crippen LogP contribution in [0.5, 0.6) is 0 Å². The van der Waals surface area contributed by atoms with Crippen molar-refractivity contribution in [2.45, 2.75) is 40.0 Å². The van der Waals surface area contributed by atoms with Gasteiger partial charge in [-0.2, -0.15) is 0 Å². The molecule has 2 heterocycles. The van der Waals surface area contributed by atoms with E-state index in [2.05, 4.69) is 36.1 Å². The average molecular weight is 290 g/mol. The SMILES string of the molecule is CC(C)CCNc1cc(C(=O)N2CCCC(C)C2)ncn1. The third-order valence-corrected chi connectivity index (χ3v) is 3.86. The van der Waals surface area contributed by atoms with Crippen molar-refractivity contribution in [1.82, 2.24) is 14.9 Å². The number of likely N-dealkylation sites (tertiary alicyclic amines) is 1. The Bertz CT molecular complexity index is 475. The molecular formula is C16H26N4O. The molecule has 5 nitrogen and oxygen atoms in total. The molecule has 1 aliphatic heterocycles. The molecule has 0 spiro atoms. The molecule has 5 heteroatoms. The summed E-state index contributed by atoms with van der Waals surface area (Å²) in [5, 5.41) is 3.26. The Labute approximate surface area is 127 Å². The van der Waals surface area contributed by atoms with E-state index >= 15 is 0 Å². The van der Waals surface area contributed by atoms with Crippen molar-refractivity contribution >= 4 is 11.7 Å². The number of carbonyl (C=O) groups excluding carboxylic acids is 1. The lowest BCUT2D eigenvalue weighted by atomic mass is 10.00. The number of nitrogens with zero attached hydrogens (tertiary/aromatic N) is 3. The lowest BCUT2D eigenvalue weighted by Crippen LogP contribution is -2.39. The highest BCUT2D eigenvalue weighted by Crippen LogP contribution is 2.18. The Hall–Kier alpha value is -1.65. The molecular weight excluding hydrogens is 264 g/mol. The molecule has 0 saturated carbocycles. The number of carbonyl (C=O) groups is 1. The van der Waals surface area contributed by atoms with Crippen molar-refractivity contribution < 1.29 is 4.79 Å². The van der Waals surface area contributed by atoms with Crippen molar-refractivity contribution in [3.63, 3.8) is 0 Å². The zero-order valence-electron chi connectivity index (χ0n) is 13.3. The first-order chi connectivity index (χ1) is 10.1. The summed E-state index contributed by atoms with van der Waals surface area (Å²) in [5.74, 6) is 1.98. The summed E-state index contributed by atoms with van der Waals surface area (Å²) < 4.78 is 0. The normalized spacial score (nSPS) is 18.9. The van der Waals surface area contributed by atoms with E-state index in [1.54, 1.807) is 6.07 Å². The maximum atomic E-state index is 12.5. The minimum atomic E-state index is 0.0239. The monoisotopic (exact) mass is 290 g/mol. The van der Waals surface area contributed by atoms with Gasteiger partial charge in [0, 0.05) is 25.7 Å². The molecule has 1 fully saturated rings. The van der Waals surface area contributed by atoms with Crippen LogP contribution < -0.4 is 5.32 Å². The van der Waals surface area contributed by atoms with Gasteiger partial charge in [0.25, 0.3) is 5.91 Å². The van der Waals surface area contributed by atoms with E-state index in [0.717, 1.165) is 38.3 Å². The van der Waals surface area contributed by atoms with Gasteiger partial charge in [0.05, 0.1) is 0 Å². The Morgan fingerprint density at radius 3 is 3.00 bits per heavy atom. The van der Waals surface area contributed by atoms with Gasteiger partial charge in [0.2, 0.25) is 0 Å². The molecule has 1 N–H and O–H groups in total. The number of amides is 1. The van der Waals surface area contributed by atoms with Crippen molar-refractivity contribution in [3.05, 3.63) is 18.1 Å². The molecule has 2 rings (SSSR count). The summed E-state index contributed by atoms with van der Waals surface area (Å²) in [4.78, 5) is 22.7. The van der Waals surface area contributed by atoms with Gasteiger partial charge in [-0.05, 0) is 31.1 Å². The highest BCUT2D eigenvalue weighted by atomic mass is 16.2. The summed E-state index contributed by atoms with van der Waals surface area (Å²) in [6.45, 7) is 9.10. The average Bonchev–Trinajstić information content (AvgIpc) is 2.46. The lowest BCUT2D eigenvalue weighted by Gasteiger charge is -2.30. The largest absolute Gasteiger partial charge is 0.370 e. The van der Waals surface area contributed by atoms with Crippen molar-refractivity contribution in [2.24, 2.45) is 11.8 Å². The van der Waals surface area contributed by atoms with E-state index in [-0.39, 0.29) is 5.91 Å². The molecule has 0 aromatic carbocycles. The molecule has 0 bridgehead atoms. The number of nitrogens with one attached hydrogen (secondary N) is 1. The van der Waals surface area contributed by atoms with Gasteiger partial charge in [0.1, 0.15) is 17.8 Å². The highest BCUT2D eigenvalue weighted by Gasteiger charge is 2.23. The Morgan fingerprint density at radius 1 is 1.48 bits per heavy atom. The maximum absolute atomic E-state index is 12.5. The molecule has 1 aliphatic rings. The van der Waals surface area contributed by atoms with Gasteiger partial charge in [-0.15, -0.1) is 0 Å². The fourth-order valence-electron chi connectivity index (χ4n) is 2.60. The smallest absolute Gasteiger partial charge is 0.272 e. The van der Waals surface area contributed by atoms with Crippen LogP contribution in [-0.2, 0) is 0 Å². The summed E-state index contributed by atoms with van der Waals surface area (Å²) in [5.41, 5.74) is 0.492. The molecule has 1 atom stereocenters. The van der Waals surface area contributed by atoms with Crippen molar-refractivity contribution in [1.29, 1.82) is 0 Å². The van der Waals surface area contributed by atoms with Crippen molar-refractivity contribution in [2.75, 3.05) is 25.0 Å². The second-order valence-electron chi connectivity index (χ2n) is 6.40. The van der Waals surface area contributed by atoms with Gasteiger partial charge >= 0.3 is 0 Å². The Morgan fingerprint density at radius 2 is 2.29 bits per heavy atom. The van der Waals surface area contributed by atoms with Crippen LogP contribution in [0.1, 0.15) is 50.5 Å². The van der Waals surface area contributed by atoms with Crippen LogP contribution in [0.15, 0.2) is 12.4 Å². The van der Waals surface area contributed by atoms with Gasteiger partial charge in [-0.25, -0.2) is 9.97 Å². The molecule has 1 aromatic rings. The van der Waals surface area contributed by atoms with Crippen LogP contribution in [0.25, 0.3) is 0 Å². The van der Waals surface area contributed by atoms with Crippen LogP contribution >= 0.6 is 0 Å². The molecule has 1 aromatic heterocycles. The second kappa shape index (κ2) is 7.38. The molecule has 0 radical (unpaired) electrons. The number of rotatable bonds is 5. The van der Waals surface area contributed by atoms with E-state index in [1.807, 2.05) is 4.90 Å². The van der Waals surface area contributed by atoms with Gasteiger partial charge < -0.3 is 10.2 Å². The van der Waals surface area contributed by atoms with Gasteiger partial charge in [-0.3, -0.25) is 4.79 Å². The van der Waals surface area contributed by atoms with E-state index in [0.29, 0.717) is 17.5 Å². The zero-order chi connectivity index (χ0) is 15.2. The summed E-state index contributed by atoms with van der Waals surface area (Å²) in [7, 11) is 0. The van der Waals surface area contributed by atoms with Crippen LogP contribution in [0.4, 0.5) is 5.82 Å². The number of hydrogen-bond donors (Lipinski definition) is 1. The van der Waals surface area contributed by atoms with E-state index in [1.165, 1.54) is 12.7 Å². The molecule has 21 heavy (non-hydrogen) atoms. The Balaban J connectivity index is 1.97. The zero-order valence-corrected chi connectivity index (χ0v) is 13.3. The minimum Gasteiger partial charge on any atom is -0.370 e. The van der Waals surface area contributed by atoms with E-state index in [4.69, 9.17) is 0 Å². The molecule has 116 valence electrons. The second-order valence-corrected chi connectivity index (χ2v) is 6.40. The van der Waals surface area contributed by atoms with Crippen LogP contribution in [-0.4, -0.2) is 40.4 Å². The number of anilines is 1. The third-order valence-electron chi connectivity index (χ3n) is 3.86. The minimum absolute atomic E-state index is 0.0239. The number of hydrogen-bond acceptors (Lipinski definition) is 4. The fourth-order valence-corrected chi connectivity index (χ4v) is 2.60. The quantitative estimate of drug-likeness (QED) is 0.906. The predicted molar refractivity (Wildman–Crippen MR) is 84.3 cm³/mol.